The molecule has 306 valence electrons. The summed E-state index contributed by atoms with van der Waals surface area (Å²) in [7, 11) is -2.95. The number of para-hydroxylation sites is 1. The van der Waals surface area contributed by atoms with Crippen LogP contribution in [0.4, 0.5) is 0 Å². The van der Waals surface area contributed by atoms with E-state index in [1.54, 1.807) is 0 Å². The van der Waals surface area contributed by atoms with E-state index in [4.69, 9.17) is 4.42 Å². The molecular formula is C63H44OSi. The number of benzene rings is 11. The first-order chi connectivity index (χ1) is 32.0. The van der Waals surface area contributed by atoms with Crippen LogP contribution in [0.5, 0.6) is 0 Å². The third kappa shape index (κ3) is 5.44. The summed E-state index contributed by atoms with van der Waals surface area (Å²) in [5, 5.41) is 15.1. The monoisotopic (exact) mass is 844 g/mol. The summed E-state index contributed by atoms with van der Waals surface area (Å²) in [6.45, 7) is 4.79. The Bertz CT molecular complexity index is 3690. The van der Waals surface area contributed by atoms with E-state index in [0.29, 0.717) is 0 Å². The Kier molecular flexibility index (Phi) is 8.34. The van der Waals surface area contributed by atoms with Crippen molar-refractivity contribution in [2.45, 2.75) is 19.3 Å². The standard InChI is InChI=1S/C63H44OSi/c1-63(2)56-37-35-41-20-12-13-27-47(41)61(56)53-36-34-42(38-57(53)63)59-49-29-14-16-31-51(49)60(52-32-17-15-30-50(52)59)55-40-46(39-54-48-28-18-19-33-58(48)64-62(54)55)65(43-21-6-3-7-22-43,44-23-8-4-9-24-44)45-25-10-5-11-26-45/h3-40H,1-2H3. The third-order valence-electron chi connectivity index (χ3n) is 14.6. The summed E-state index contributed by atoms with van der Waals surface area (Å²) in [6.07, 6.45) is 0. The first-order valence-electron chi connectivity index (χ1n) is 22.8. The molecular weight excluding hydrogens is 801 g/mol. The molecule has 0 bridgehead atoms. The van der Waals surface area contributed by atoms with Crippen LogP contribution in [0.25, 0.3) is 87.6 Å². The second-order valence-electron chi connectivity index (χ2n) is 18.3. The van der Waals surface area contributed by atoms with Gasteiger partial charge >= 0.3 is 0 Å². The second kappa shape index (κ2) is 14.4. The Labute approximate surface area is 379 Å². The number of furan rings is 1. The predicted molar refractivity (Wildman–Crippen MR) is 278 cm³/mol. The molecule has 12 aromatic rings. The van der Waals surface area contributed by atoms with Crippen LogP contribution in [0.3, 0.4) is 0 Å². The molecule has 1 aliphatic carbocycles. The van der Waals surface area contributed by atoms with Crippen LogP contribution in [-0.2, 0) is 5.41 Å². The molecule has 0 fully saturated rings. The average Bonchev–Trinajstić information content (AvgIpc) is 3.86. The molecule has 1 aliphatic rings. The van der Waals surface area contributed by atoms with E-state index < -0.39 is 8.07 Å². The predicted octanol–water partition coefficient (Wildman–Crippen LogP) is 14.1. The van der Waals surface area contributed by atoms with Crippen LogP contribution in [0, 0.1) is 0 Å². The SMILES string of the molecule is CC1(C)c2cc(-c3c4ccccc4c(-c4cc([Si](c5ccccc5)(c5ccccc5)c5ccccc5)cc5c4oc4ccccc45)c4ccccc34)ccc2-c2c1ccc1ccccc21. The van der Waals surface area contributed by atoms with E-state index in [1.807, 2.05) is 0 Å². The third-order valence-corrected chi connectivity index (χ3v) is 19.3. The fourth-order valence-electron chi connectivity index (χ4n) is 11.7. The summed E-state index contributed by atoms with van der Waals surface area (Å²) < 4.78 is 7.09. The Morgan fingerprint density at radius 2 is 0.846 bits per heavy atom. The van der Waals surface area contributed by atoms with Gasteiger partial charge in [0.2, 0.25) is 0 Å². The Hall–Kier alpha value is -7.78. The molecule has 1 nitrogen and oxygen atoms in total. The van der Waals surface area contributed by atoms with Crippen molar-refractivity contribution in [1.29, 1.82) is 0 Å². The van der Waals surface area contributed by atoms with Crippen LogP contribution < -0.4 is 20.7 Å². The molecule has 1 heterocycles. The van der Waals surface area contributed by atoms with Gasteiger partial charge in [-0.1, -0.05) is 232 Å². The lowest BCUT2D eigenvalue weighted by Crippen LogP contribution is -2.74. The van der Waals surface area contributed by atoms with Gasteiger partial charge in [0.25, 0.3) is 0 Å². The number of hydrogen-bond acceptors (Lipinski definition) is 1. The molecule has 0 spiro atoms. The van der Waals surface area contributed by atoms with E-state index >= 15 is 0 Å². The quantitative estimate of drug-likeness (QED) is 0.0923. The lowest BCUT2D eigenvalue weighted by molar-refractivity contribution is 0.661. The second-order valence-corrected chi connectivity index (χ2v) is 22.1. The molecule has 13 rings (SSSR count). The van der Waals surface area contributed by atoms with Gasteiger partial charge in [0.15, 0.2) is 8.07 Å². The Morgan fingerprint density at radius 1 is 0.338 bits per heavy atom. The molecule has 0 aliphatic heterocycles. The normalized spacial score (nSPS) is 13.2. The first-order valence-corrected chi connectivity index (χ1v) is 24.8. The lowest BCUT2D eigenvalue weighted by atomic mass is 9.80. The Balaban J connectivity index is 1.13. The summed E-state index contributed by atoms with van der Waals surface area (Å²) >= 11 is 0. The van der Waals surface area contributed by atoms with Gasteiger partial charge in [0, 0.05) is 27.3 Å². The van der Waals surface area contributed by atoms with E-state index in [0.717, 1.165) is 27.5 Å². The van der Waals surface area contributed by atoms with Crippen molar-refractivity contribution >= 4 is 83.1 Å². The van der Waals surface area contributed by atoms with Crippen LogP contribution in [0.15, 0.2) is 235 Å². The van der Waals surface area contributed by atoms with Gasteiger partial charge in [-0.3, -0.25) is 0 Å². The van der Waals surface area contributed by atoms with Gasteiger partial charge in [-0.25, -0.2) is 0 Å². The van der Waals surface area contributed by atoms with Gasteiger partial charge in [-0.05, 0) is 98.6 Å². The van der Waals surface area contributed by atoms with Crippen molar-refractivity contribution in [2.24, 2.45) is 0 Å². The van der Waals surface area contributed by atoms with E-state index in [-0.39, 0.29) is 5.41 Å². The first kappa shape index (κ1) is 37.7. The molecule has 0 amide bonds. The molecule has 1 aromatic heterocycles. The molecule has 0 unspecified atom stereocenters. The van der Waals surface area contributed by atoms with E-state index in [9.17, 15) is 0 Å². The van der Waals surface area contributed by atoms with Gasteiger partial charge in [-0.2, -0.15) is 0 Å². The summed E-state index contributed by atoms with van der Waals surface area (Å²) in [5.74, 6) is 0. The molecule has 0 atom stereocenters. The van der Waals surface area contributed by atoms with Gasteiger partial charge in [0.1, 0.15) is 11.2 Å². The van der Waals surface area contributed by atoms with Crippen LogP contribution in [0.2, 0.25) is 0 Å². The maximum Gasteiger partial charge on any atom is 0.179 e. The fourth-order valence-corrected chi connectivity index (χ4v) is 16.5. The molecule has 0 saturated carbocycles. The molecule has 0 saturated heterocycles. The minimum atomic E-state index is -2.95. The van der Waals surface area contributed by atoms with Crippen molar-refractivity contribution in [1.82, 2.24) is 0 Å². The molecule has 65 heavy (non-hydrogen) atoms. The largest absolute Gasteiger partial charge is 0.455 e. The zero-order valence-electron chi connectivity index (χ0n) is 36.3. The van der Waals surface area contributed by atoms with E-state index in [2.05, 4.69) is 244 Å². The minimum Gasteiger partial charge on any atom is -0.455 e. The van der Waals surface area contributed by atoms with Crippen molar-refractivity contribution in [3.05, 3.63) is 242 Å². The highest BCUT2D eigenvalue weighted by atomic mass is 28.3. The topological polar surface area (TPSA) is 13.1 Å². The fraction of sp³-hybridized carbons (Fsp3) is 0.0476. The maximum absolute atomic E-state index is 7.09. The highest BCUT2D eigenvalue weighted by Crippen LogP contribution is 2.53. The number of rotatable bonds is 6. The van der Waals surface area contributed by atoms with Crippen molar-refractivity contribution < 1.29 is 4.42 Å². The summed E-state index contributed by atoms with van der Waals surface area (Å²) in [5.41, 5.74) is 11.9. The van der Waals surface area contributed by atoms with Crippen LogP contribution in [0.1, 0.15) is 25.0 Å². The zero-order chi connectivity index (χ0) is 43.3. The van der Waals surface area contributed by atoms with Crippen molar-refractivity contribution in [3.8, 4) is 33.4 Å². The summed E-state index contributed by atoms with van der Waals surface area (Å²) in [4.78, 5) is 0. The smallest absolute Gasteiger partial charge is 0.179 e. The average molecular weight is 845 g/mol. The Morgan fingerprint density at radius 3 is 1.45 bits per heavy atom. The molecule has 0 radical (unpaired) electrons. The van der Waals surface area contributed by atoms with Crippen molar-refractivity contribution in [3.63, 3.8) is 0 Å². The van der Waals surface area contributed by atoms with Crippen LogP contribution >= 0.6 is 0 Å². The van der Waals surface area contributed by atoms with Gasteiger partial charge in [-0.15, -0.1) is 0 Å². The van der Waals surface area contributed by atoms with Crippen LogP contribution in [-0.4, -0.2) is 8.07 Å². The van der Waals surface area contributed by atoms with E-state index in [1.165, 1.54) is 92.0 Å². The maximum atomic E-state index is 7.09. The number of hydrogen-bond donors (Lipinski definition) is 0. The zero-order valence-corrected chi connectivity index (χ0v) is 37.3. The van der Waals surface area contributed by atoms with Crippen molar-refractivity contribution in [2.75, 3.05) is 0 Å². The highest BCUT2D eigenvalue weighted by Gasteiger charge is 2.42. The minimum absolute atomic E-state index is 0.157. The summed E-state index contributed by atoms with van der Waals surface area (Å²) in [6, 6.07) is 86.2. The molecule has 2 heteroatoms. The highest BCUT2D eigenvalue weighted by molar-refractivity contribution is 7.20. The van der Waals surface area contributed by atoms with Gasteiger partial charge in [0.05, 0.1) is 0 Å². The van der Waals surface area contributed by atoms with Gasteiger partial charge < -0.3 is 4.42 Å². The molecule has 11 aromatic carbocycles. The lowest BCUT2D eigenvalue weighted by Gasteiger charge is -2.35. The molecule has 0 N–H and O–H groups in total. The number of fused-ring (bicyclic) bond motifs is 10.